The summed E-state index contributed by atoms with van der Waals surface area (Å²) in [6, 6.07) is 10.9. The summed E-state index contributed by atoms with van der Waals surface area (Å²) in [4.78, 5) is 12.3. The number of carbonyl (C=O) groups is 1. The van der Waals surface area contributed by atoms with Crippen LogP contribution in [0.5, 0.6) is 5.75 Å². The summed E-state index contributed by atoms with van der Waals surface area (Å²) in [5.41, 5.74) is 2.58. The SMILES string of the molecule is CCn1c(SCC(=O)Nc2cccc(Cl)c2)nnc1C(C)Oc1cc(C)c(Cl)c(C)c1. The first-order chi connectivity index (χ1) is 14.8. The Hall–Kier alpha value is -2.22. The summed E-state index contributed by atoms with van der Waals surface area (Å²) in [5.74, 6) is 1.49. The number of hydrogen-bond donors (Lipinski definition) is 1. The Balaban J connectivity index is 1.66. The van der Waals surface area contributed by atoms with Crippen LogP contribution in [0.4, 0.5) is 5.69 Å². The minimum atomic E-state index is -0.318. The largest absolute Gasteiger partial charge is 0.483 e. The number of carbonyl (C=O) groups excluding carboxylic acids is 1. The quantitative estimate of drug-likeness (QED) is 0.396. The molecule has 1 unspecified atom stereocenters. The van der Waals surface area contributed by atoms with Crippen molar-refractivity contribution < 1.29 is 9.53 Å². The number of nitrogens with zero attached hydrogens (tertiary/aromatic N) is 3. The molecule has 1 heterocycles. The van der Waals surface area contributed by atoms with E-state index in [0.29, 0.717) is 28.2 Å². The molecular weight excluding hydrogens is 455 g/mol. The van der Waals surface area contributed by atoms with Crippen LogP contribution in [-0.4, -0.2) is 26.4 Å². The van der Waals surface area contributed by atoms with E-state index in [1.165, 1.54) is 11.8 Å². The number of nitrogens with one attached hydrogen (secondary N) is 1. The Morgan fingerprint density at radius 1 is 1.19 bits per heavy atom. The molecule has 31 heavy (non-hydrogen) atoms. The lowest BCUT2D eigenvalue weighted by molar-refractivity contribution is -0.113. The molecule has 0 fully saturated rings. The number of rotatable bonds is 8. The first-order valence-electron chi connectivity index (χ1n) is 9.83. The second kappa shape index (κ2) is 10.4. The van der Waals surface area contributed by atoms with Gasteiger partial charge in [0.1, 0.15) is 5.75 Å². The first-order valence-corrected chi connectivity index (χ1v) is 11.6. The molecule has 3 rings (SSSR count). The lowest BCUT2D eigenvalue weighted by Crippen LogP contribution is -2.15. The van der Waals surface area contributed by atoms with Crippen molar-refractivity contribution in [3.8, 4) is 5.75 Å². The van der Waals surface area contributed by atoms with Gasteiger partial charge in [0.2, 0.25) is 5.91 Å². The molecule has 0 saturated carbocycles. The van der Waals surface area contributed by atoms with Crippen molar-refractivity contribution in [2.45, 2.75) is 45.5 Å². The molecule has 1 N–H and O–H groups in total. The van der Waals surface area contributed by atoms with E-state index in [0.717, 1.165) is 21.9 Å². The average molecular weight is 479 g/mol. The molecule has 0 radical (unpaired) electrons. The molecule has 0 aliphatic heterocycles. The van der Waals surface area contributed by atoms with E-state index in [4.69, 9.17) is 27.9 Å². The van der Waals surface area contributed by atoms with Crippen molar-refractivity contribution in [1.29, 1.82) is 0 Å². The molecule has 3 aromatic rings. The van der Waals surface area contributed by atoms with Gasteiger partial charge in [-0.15, -0.1) is 10.2 Å². The van der Waals surface area contributed by atoms with E-state index < -0.39 is 0 Å². The lowest BCUT2D eigenvalue weighted by atomic mass is 10.1. The number of aryl methyl sites for hydroxylation is 2. The second-order valence-electron chi connectivity index (χ2n) is 7.06. The van der Waals surface area contributed by atoms with Crippen LogP contribution in [0, 0.1) is 13.8 Å². The number of anilines is 1. The lowest BCUT2D eigenvalue weighted by Gasteiger charge is -2.17. The number of thioether (sulfide) groups is 1. The number of aromatic nitrogens is 3. The Morgan fingerprint density at radius 2 is 1.90 bits per heavy atom. The molecule has 164 valence electrons. The Bertz CT molecular complexity index is 1060. The van der Waals surface area contributed by atoms with E-state index in [-0.39, 0.29) is 17.8 Å². The van der Waals surface area contributed by atoms with Crippen LogP contribution in [0.1, 0.15) is 36.9 Å². The predicted molar refractivity (Wildman–Crippen MR) is 126 cm³/mol. The van der Waals surface area contributed by atoms with Gasteiger partial charge in [0.25, 0.3) is 0 Å². The van der Waals surface area contributed by atoms with Crippen molar-refractivity contribution in [2.24, 2.45) is 0 Å². The summed E-state index contributed by atoms with van der Waals surface area (Å²) in [6.07, 6.45) is -0.318. The number of halogens is 2. The van der Waals surface area contributed by atoms with E-state index in [9.17, 15) is 4.79 Å². The van der Waals surface area contributed by atoms with Crippen LogP contribution in [0.15, 0.2) is 41.6 Å². The molecule has 1 aromatic heterocycles. The van der Waals surface area contributed by atoms with Gasteiger partial charge in [-0.05, 0) is 69.2 Å². The molecule has 9 heteroatoms. The van der Waals surface area contributed by atoms with Gasteiger partial charge in [0.15, 0.2) is 17.1 Å². The van der Waals surface area contributed by atoms with Crippen LogP contribution in [0.3, 0.4) is 0 Å². The van der Waals surface area contributed by atoms with E-state index in [1.807, 2.05) is 44.4 Å². The van der Waals surface area contributed by atoms with Crippen LogP contribution < -0.4 is 10.1 Å². The van der Waals surface area contributed by atoms with Gasteiger partial charge < -0.3 is 14.6 Å². The minimum absolute atomic E-state index is 0.143. The van der Waals surface area contributed by atoms with Crippen LogP contribution in [0.2, 0.25) is 10.0 Å². The van der Waals surface area contributed by atoms with Gasteiger partial charge in [0, 0.05) is 22.3 Å². The highest BCUT2D eigenvalue weighted by atomic mass is 35.5. The van der Waals surface area contributed by atoms with Crippen LogP contribution in [0.25, 0.3) is 0 Å². The van der Waals surface area contributed by atoms with Crippen molar-refractivity contribution in [1.82, 2.24) is 14.8 Å². The zero-order chi connectivity index (χ0) is 22.5. The maximum Gasteiger partial charge on any atom is 0.234 e. The first kappa shape index (κ1) is 23.4. The average Bonchev–Trinajstić information content (AvgIpc) is 3.13. The van der Waals surface area contributed by atoms with Crippen molar-refractivity contribution in [2.75, 3.05) is 11.1 Å². The van der Waals surface area contributed by atoms with E-state index in [2.05, 4.69) is 15.5 Å². The summed E-state index contributed by atoms with van der Waals surface area (Å²) in [5, 5.41) is 13.4. The highest BCUT2D eigenvalue weighted by molar-refractivity contribution is 7.99. The molecule has 0 aliphatic rings. The second-order valence-corrected chi connectivity index (χ2v) is 8.82. The summed E-state index contributed by atoms with van der Waals surface area (Å²) < 4.78 is 8.06. The summed E-state index contributed by atoms with van der Waals surface area (Å²) in [7, 11) is 0. The molecule has 6 nitrogen and oxygen atoms in total. The molecular formula is C22H24Cl2N4O2S. The Labute approximate surface area is 196 Å². The van der Waals surface area contributed by atoms with Gasteiger partial charge in [-0.3, -0.25) is 4.79 Å². The molecule has 0 saturated heterocycles. The number of hydrogen-bond acceptors (Lipinski definition) is 5. The third-order valence-corrected chi connectivity index (χ3v) is 6.39. The van der Waals surface area contributed by atoms with Gasteiger partial charge in [-0.2, -0.15) is 0 Å². The van der Waals surface area contributed by atoms with Crippen LogP contribution >= 0.6 is 35.0 Å². The maximum absolute atomic E-state index is 12.3. The number of amides is 1. The third kappa shape index (κ3) is 5.93. The molecule has 0 spiro atoms. The monoisotopic (exact) mass is 478 g/mol. The fourth-order valence-corrected chi connectivity index (χ4v) is 4.24. The Morgan fingerprint density at radius 3 is 2.55 bits per heavy atom. The fourth-order valence-electron chi connectivity index (χ4n) is 3.13. The Kier molecular flexibility index (Phi) is 7.86. The predicted octanol–water partition coefficient (Wildman–Crippen LogP) is 6.09. The fraction of sp³-hybridized carbons (Fsp3) is 0.318. The minimum Gasteiger partial charge on any atom is -0.483 e. The van der Waals surface area contributed by atoms with Crippen molar-refractivity contribution in [3.05, 3.63) is 63.4 Å². The summed E-state index contributed by atoms with van der Waals surface area (Å²) in [6.45, 7) is 8.49. The van der Waals surface area contributed by atoms with Gasteiger partial charge >= 0.3 is 0 Å². The van der Waals surface area contributed by atoms with Crippen LogP contribution in [-0.2, 0) is 11.3 Å². The van der Waals surface area contributed by atoms with Gasteiger partial charge in [0.05, 0.1) is 5.75 Å². The topological polar surface area (TPSA) is 69.0 Å². The normalized spacial score (nSPS) is 11.9. The van der Waals surface area contributed by atoms with Gasteiger partial charge in [-0.25, -0.2) is 0 Å². The zero-order valence-corrected chi connectivity index (χ0v) is 20.1. The molecule has 1 atom stereocenters. The highest BCUT2D eigenvalue weighted by Crippen LogP contribution is 2.29. The zero-order valence-electron chi connectivity index (χ0n) is 17.8. The standard InChI is InChI=1S/C22H24Cl2N4O2S/c1-5-28-21(15(4)30-18-9-13(2)20(24)14(3)10-18)26-27-22(28)31-12-19(29)25-17-8-6-7-16(23)11-17/h6-11,15H,5,12H2,1-4H3,(H,25,29). The van der Waals surface area contributed by atoms with Crippen molar-refractivity contribution in [3.63, 3.8) is 0 Å². The maximum atomic E-state index is 12.3. The molecule has 1 amide bonds. The van der Waals surface area contributed by atoms with E-state index >= 15 is 0 Å². The van der Waals surface area contributed by atoms with Gasteiger partial charge in [-0.1, -0.05) is 41.0 Å². The third-order valence-electron chi connectivity index (χ3n) is 4.59. The molecule has 2 aromatic carbocycles. The smallest absolute Gasteiger partial charge is 0.234 e. The highest BCUT2D eigenvalue weighted by Gasteiger charge is 2.20. The summed E-state index contributed by atoms with van der Waals surface area (Å²) >= 11 is 13.5. The van der Waals surface area contributed by atoms with Crippen molar-refractivity contribution >= 4 is 46.6 Å². The number of benzene rings is 2. The van der Waals surface area contributed by atoms with E-state index in [1.54, 1.807) is 24.3 Å². The molecule has 0 bridgehead atoms. The molecule has 0 aliphatic carbocycles. The number of ether oxygens (including phenoxy) is 1.